The van der Waals surface area contributed by atoms with E-state index in [1.165, 1.54) is 18.5 Å². The quantitative estimate of drug-likeness (QED) is 0.782. The van der Waals surface area contributed by atoms with Gasteiger partial charge in [-0.15, -0.1) is 0 Å². The van der Waals surface area contributed by atoms with Gasteiger partial charge in [0.2, 0.25) is 0 Å². The summed E-state index contributed by atoms with van der Waals surface area (Å²) in [5.41, 5.74) is 3.26. The summed E-state index contributed by atoms with van der Waals surface area (Å²) in [6.45, 7) is 8.23. The first-order valence-electron chi connectivity index (χ1n) is 9.08. The SMILES string of the molecule is Cc1cc(C(=O)CN2CCN(c3cnccn3)CC2)c(C)n1C1CC1. The molecule has 0 bridgehead atoms. The van der Waals surface area contributed by atoms with E-state index >= 15 is 0 Å². The Balaban J connectivity index is 1.37. The Labute approximate surface area is 148 Å². The van der Waals surface area contributed by atoms with Gasteiger partial charge in [-0.25, -0.2) is 4.98 Å². The molecule has 1 saturated heterocycles. The number of aromatic nitrogens is 3. The molecule has 2 fully saturated rings. The van der Waals surface area contributed by atoms with Crippen LogP contribution in [0.25, 0.3) is 0 Å². The van der Waals surface area contributed by atoms with Gasteiger partial charge in [0.1, 0.15) is 5.82 Å². The van der Waals surface area contributed by atoms with Gasteiger partial charge in [0.25, 0.3) is 0 Å². The molecule has 0 atom stereocenters. The zero-order chi connectivity index (χ0) is 17.4. The number of aryl methyl sites for hydroxylation is 1. The number of Topliss-reactive ketones (excluding diaryl/α,β-unsaturated/α-hetero) is 1. The van der Waals surface area contributed by atoms with Gasteiger partial charge in [-0.1, -0.05) is 0 Å². The van der Waals surface area contributed by atoms with Crippen LogP contribution in [-0.4, -0.2) is 57.9 Å². The minimum absolute atomic E-state index is 0.243. The second-order valence-electron chi connectivity index (χ2n) is 7.14. The molecule has 1 aliphatic heterocycles. The lowest BCUT2D eigenvalue weighted by Crippen LogP contribution is -2.48. The molecule has 3 heterocycles. The van der Waals surface area contributed by atoms with Gasteiger partial charge < -0.3 is 9.47 Å². The summed E-state index contributed by atoms with van der Waals surface area (Å²) in [7, 11) is 0. The summed E-state index contributed by atoms with van der Waals surface area (Å²) >= 11 is 0. The van der Waals surface area contributed by atoms with Crippen LogP contribution in [0.3, 0.4) is 0 Å². The van der Waals surface area contributed by atoms with Crippen molar-refractivity contribution in [1.82, 2.24) is 19.4 Å². The number of ketones is 1. The van der Waals surface area contributed by atoms with Crippen molar-refractivity contribution in [3.63, 3.8) is 0 Å². The first-order valence-corrected chi connectivity index (χ1v) is 9.08. The van der Waals surface area contributed by atoms with Crippen LogP contribution in [0.15, 0.2) is 24.7 Å². The summed E-state index contributed by atoms with van der Waals surface area (Å²) in [4.78, 5) is 25.8. The highest BCUT2D eigenvalue weighted by atomic mass is 16.1. The Bertz CT molecular complexity index is 758. The fraction of sp³-hybridized carbons (Fsp3) is 0.526. The molecular weight excluding hydrogens is 314 g/mol. The molecule has 0 N–H and O–H groups in total. The summed E-state index contributed by atoms with van der Waals surface area (Å²) in [6.07, 6.45) is 7.70. The fourth-order valence-corrected chi connectivity index (χ4v) is 3.83. The average Bonchev–Trinajstić information content (AvgIpc) is 3.41. The Morgan fingerprint density at radius 3 is 2.56 bits per heavy atom. The molecule has 2 aromatic rings. The second kappa shape index (κ2) is 6.59. The van der Waals surface area contributed by atoms with Crippen LogP contribution in [-0.2, 0) is 0 Å². The molecule has 2 aliphatic rings. The molecule has 2 aromatic heterocycles. The highest BCUT2D eigenvalue weighted by Crippen LogP contribution is 2.38. The van der Waals surface area contributed by atoms with Crippen molar-refractivity contribution < 1.29 is 4.79 Å². The van der Waals surface area contributed by atoms with Crippen molar-refractivity contribution in [3.05, 3.63) is 41.6 Å². The maximum Gasteiger partial charge on any atom is 0.178 e. The van der Waals surface area contributed by atoms with E-state index in [4.69, 9.17) is 0 Å². The highest BCUT2D eigenvalue weighted by molar-refractivity contribution is 5.99. The zero-order valence-electron chi connectivity index (χ0n) is 15.0. The summed E-state index contributed by atoms with van der Waals surface area (Å²) in [5.74, 6) is 1.16. The molecule has 0 spiro atoms. The smallest absolute Gasteiger partial charge is 0.178 e. The maximum absolute atomic E-state index is 12.8. The van der Waals surface area contributed by atoms with E-state index in [0.717, 1.165) is 43.3 Å². The molecule has 1 aliphatic carbocycles. The number of carbonyl (C=O) groups excluding carboxylic acids is 1. The standard InChI is InChI=1S/C19H25N5O/c1-14-11-17(15(2)24(14)16-3-4-16)18(25)13-22-7-9-23(10-8-22)19-12-20-5-6-21-19/h5-6,11-12,16H,3-4,7-10,13H2,1-2H3. The zero-order valence-corrected chi connectivity index (χ0v) is 15.0. The van der Waals surface area contributed by atoms with Gasteiger partial charge in [-0.3, -0.25) is 14.7 Å². The summed E-state index contributed by atoms with van der Waals surface area (Å²) in [6, 6.07) is 2.70. The molecular formula is C19H25N5O. The van der Waals surface area contributed by atoms with Gasteiger partial charge in [0.15, 0.2) is 5.78 Å². The normalized spacial score (nSPS) is 18.6. The minimum atomic E-state index is 0.243. The Morgan fingerprint density at radius 2 is 1.92 bits per heavy atom. The third-order valence-corrected chi connectivity index (χ3v) is 5.31. The summed E-state index contributed by atoms with van der Waals surface area (Å²) in [5, 5.41) is 0. The lowest BCUT2D eigenvalue weighted by molar-refractivity contribution is 0.0925. The van der Waals surface area contributed by atoms with Crippen LogP contribution in [0.2, 0.25) is 0 Å². The highest BCUT2D eigenvalue weighted by Gasteiger charge is 2.29. The van der Waals surface area contributed by atoms with Gasteiger partial charge in [0.05, 0.1) is 12.7 Å². The number of hydrogen-bond donors (Lipinski definition) is 0. The van der Waals surface area contributed by atoms with Gasteiger partial charge >= 0.3 is 0 Å². The van der Waals surface area contributed by atoms with E-state index in [-0.39, 0.29) is 5.78 Å². The van der Waals surface area contributed by atoms with Crippen molar-refractivity contribution in [1.29, 1.82) is 0 Å². The fourth-order valence-electron chi connectivity index (χ4n) is 3.83. The lowest BCUT2D eigenvalue weighted by atomic mass is 10.1. The van der Waals surface area contributed by atoms with Gasteiger partial charge in [-0.05, 0) is 32.8 Å². The van der Waals surface area contributed by atoms with E-state index in [2.05, 4.69) is 44.2 Å². The predicted octanol–water partition coefficient (Wildman–Crippen LogP) is 2.23. The molecule has 4 rings (SSSR count). The minimum Gasteiger partial charge on any atom is -0.353 e. The Kier molecular flexibility index (Phi) is 4.29. The third-order valence-electron chi connectivity index (χ3n) is 5.31. The van der Waals surface area contributed by atoms with Crippen molar-refractivity contribution in [2.45, 2.75) is 32.7 Å². The maximum atomic E-state index is 12.8. The topological polar surface area (TPSA) is 54.3 Å². The number of anilines is 1. The number of piperazine rings is 1. The van der Waals surface area contributed by atoms with E-state index < -0.39 is 0 Å². The third kappa shape index (κ3) is 3.31. The van der Waals surface area contributed by atoms with Crippen LogP contribution >= 0.6 is 0 Å². The summed E-state index contributed by atoms with van der Waals surface area (Å²) < 4.78 is 2.35. The largest absolute Gasteiger partial charge is 0.353 e. The molecule has 0 amide bonds. The molecule has 25 heavy (non-hydrogen) atoms. The van der Waals surface area contributed by atoms with E-state index in [1.54, 1.807) is 18.6 Å². The molecule has 132 valence electrons. The number of rotatable bonds is 5. The van der Waals surface area contributed by atoms with Crippen LogP contribution in [0.5, 0.6) is 0 Å². The number of carbonyl (C=O) groups is 1. The monoisotopic (exact) mass is 339 g/mol. The lowest BCUT2D eigenvalue weighted by Gasteiger charge is -2.34. The van der Waals surface area contributed by atoms with Crippen molar-refractivity contribution in [3.8, 4) is 0 Å². The van der Waals surface area contributed by atoms with E-state index in [0.29, 0.717) is 12.6 Å². The molecule has 6 heteroatoms. The number of hydrogen-bond acceptors (Lipinski definition) is 5. The van der Waals surface area contributed by atoms with Crippen LogP contribution in [0.4, 0.5) is 5.82 Å². The Hall–Kier alpha value is -2.21. The first-order chi connectivity index (χ1) is 12.1. The van der Waals surface area contributed by atoms with Crippen LogP contribution < -0.4 is 4.90 Å². The Morgan fingerprint density at radius 1 is 1.16 bits per heavy atom. The van der Waals surface area contributed by atoms with Gasteiger partial charge in [0, 0.05) is 61.6 Å². The first kappa shape index (κ1) is 16.3. The molecule has 6 nitrogen and oxygen atoms in total. The molecule has 0 radical (unpaired) electrons. The molecule has 1 saturated carbocycles. The van der Waals surface area contributed by atoms with Crippen molar-refractivity contribution >= 4 is 11.6 Å². The molecule has 0 unspecified atom stereocenters. The van der Waals surface area contributed by atoms with Crippen molar-refractivity contribution in [2.24, 2.45) is 0 Å². The number of nitrogens with zero attached hydrogens (tertiary/aromatic N) is 5. The van der Waals surface area contributed by atoms with Crippen molar-refractivity contribution in [2.75, 3.05) is 37.6 Å². The average molecular weight is 339 g/mol. The molecule has 0 aromatic carbocycles. The van der Waals surface area contributed by atoms with Crippen LogP contribution in [0.1, 0.15) is 40.6 Å². The van der Waals surface area contributed by atoms with E-state index in [9.17, 15) is 4.79 Å². The predicted molar refractivity (Wildman–Crippen MR) is 97.2 cm³/mol. The van der Waals surface area contributed by atoms with E-state index in [1.807, 2.05) is 0 Å². The van der Waals surface area contributed by atoms with Gasteiger partial charge in [-0.2, -0.15) is 0 Å². The van der Waals surface area contributed by atoms with Crippen LogP contribution in [0, 0.1) is 13.8 Å². The second-order valence-corrected chi connectivity index (χ2v) is 7.14.